The van der Waals surface area contributed by atoms with E-state index in [0.29, 0.717) is 29.6 Å². The zero-order chi connectivity index (χ0) is 12.7. The zero-order valence-electron chi connectivity index (χ0n) is 9.51. The second kappa shape index (κ2) is 6.82. The third-order valence-corrected chi connectivity index (χ3v) is 2.09. The molecule has 0 aromatic carbocycles. The van der Waals surface area contributed by atoms with Crippen LogP contribution < -0.4 is 10.9 Å². The average molecular weight is 256 g/mol. The lowest BCUT2D eigenvalue weighted by molar-refractivity contribution is 0.208. The molecule has 0 radical (unpaired) electrons. The van der Waals surface area contributed by atoms with Crippen LogP contribution in [-0.2, 0) is 4.74 Å². The SMILES string of the molecule is C=NN(/N=C\CCOC)c1ncc(N)cc1Cl. The minimum Gasteiger partial charge on any atom is -0.397 e. The van der Waals surface area contributed by atoms with Gasteiger partial charge in [-0.3, -0.25) is 0 Å². The van der Waals surface area contributed by atoms with Gasteiger partial charge < -0.3 is 10.5 Å². The molecule has 0 fully saturated rings. The molecule has 0 saturated carbocycles. The summed E-state index contributed by atoms with van der Waals surface area (Å²) in [5.41, 5.74) is 6.02. The van der Waals surface area contributed by atoms with Gasteiger partial charge in [-0.15, -0.1) is 5.12 Å². The number of ether oxygens (including phenoxy) is 1. The molecule has 6 nitrogen and oxygen atoms in total. The predicted octanol–water partition coefficient (Wildman–Crippen LogP) is 1.76. The van der Waals surface area contributed by atoms with Gasteiger partial charge in [0.1, 0.15) is 0 Å². The molecule has 1 heterocycles. The van der Waals surface area contributed by atoms with E-state index in [1.807, 2.05) is 0 Å². The number of hydrazone groups is 2. The molecule has 0 spiro atoms. The predicted molar refractivity (Wildman–Crippen MR) is 70.7 cm³/mol. The minimum absolute atomic E-state index is 0.362. The molecule has 0 aliphatic rings. The van der Waals surface area contributed by atoms with E-state index in [4.69, 9.17) is 22.1 Å². The fourth-order valence-corrected chi connectivity index (χ4v) is 1.31. The molecule has 2 N–H and O–H groups in total. The highest BCUT2D eigenvalue weighted by Crippen LogP contribution is 2.25. The van der Waals surface area contributed by atoms with Gasteiger partial charge in [-0.1, -0.05) is 11.6 Å². The summed E-state index contributed by atoms with van der Waals surface area (Å²) in [6, 6.07) is 1.58. The van der Waals surface area contributed by atoms with Crippen LogP contribution in [0.3, 0.4) is 0 Å². The number of halogens is 1. The molecule has 0 bridgehead atoms. The van der Waals surface area contributed by atoms with Gasteiger partial charge >= 0.3 is 0 Å². The van der Waals surface area contributed by atoms with E-state index in [1.54, 1.807) is 19.4 Å². The number of methoxy groups -OCH3 is 1. The van der Waals surface area contributed by atoms with Crippen LogP contribution in [0.1, 0.15) is 6.42 Å². The van der Waals surface area contributed by atoms with Crippen LogP contribution in [0.5, 0.6) is 0 Å². The number of nitrogen functional groups attached to an aromatic ring is 1. The van der Waals surface area contributed by atoms with Gasteiger partial charge in [0.15, 0.2) is 5.82 Å². The van der Waals surface area contributed by atoms with Crippen molar-refractivity contribution in [3.05, 3.63) is 17.3 Å². The molecule has 7 heteroatoms. The number of hydrogen-bond donors (Lipinski definition) is 1. The lowest BCUT2D eigenvalue weighted by Gasteiger charge is -2.12. The van der Waals surface area contributed by atoms with Gasteiger partial charge in [-0.05, 0) is 6.07 Å². The van der Waals surface area contributed by atoms with Crippen LogP contribution in [0.4, 0.5) is 11.5 Å². The molecule has 0 aliphatic carbocycles. The lowest BCUT2D eigenvalue weighted by Crippen LogP contribution is -2.10. The van der Waals surface area contributed by atoms with Crippen molar-refractivity contribution >= 4 is 36.0 Å². The summed E-state index contributed by atoms with van der Waals surface area (Å²) in [5.74, 6) is 0.379. The monoisotopic (exact) mass is 255 g/mol. The maximum atomic E-state index is 5.97. The number of anilines is 2. The Morgan fingerprint density at radius 3 is 3.06 bits per heavy atom. The van der Waals surface area contributed by atoms with Gasteiger partial charge in [0.2, 0.25) is 0 Å². The van der Waals surface area contributed by atoms with E-state index in [1.165, 1.54) is 11.3 Å². The highest BCUT2D eigenvalue weighted by molar-refractivity contribution is 6.33. The third-order valence-electron chi connectivity index (χ3n) is 1.81. The van der Waals surface area contributed by atoms with Gasteiger partial charge in [0, 0.05) is 26.5 Å². The number of pyridine rings is 1. The van der Waals surface area contributed by atoms with Crippen molar-refractivity contribution in [2.75, 3.05) is 24.6 Å². The Balaban J connectivity index is 2.79. The van der Waals surface area contributed by atoms with Crippen molar-refractivity contribution in [1.29, 1.82) is 0 Å². The molecule has 0 saturated heterocycles. The first-order valence-corrected chi connectivity index (χ1v) is 5.26. The second-order valence-corrected chi connectivity index (χ2v) is 3.49. The van der Waals surface area contributed by atoms with Crippen LogP contribution in [0.25, 0.3) is 0 Å². The van der Waals surface area contributed by atoms with E-state index >= 15 is 0 Å². The van der Waals surface area contributed by atoms with Crippen molar-refractivity contribution in [2.24, 2.45) is 10.2 Å². The summed E-state index contributed by atoms with van der Waals surface area (Å²) in [4.78, 5) is 4.04. The fourth-order valence-electron chi connectivity index (χ4n) is 1.06. The van der Waals surface area contributed by atoms with Crippen molar-refractivity contribution in [3.63, 3.8) is 0 Å². The number of aromatic nitrogens is 1. The fraction of sp³-hybridized carbons (Fsp3) is 0.300. The summed E-state index contributed by atoms with van der Waals surface area (Å²) in [6.45, 7) is 3.98. The molecule has 1 rings (SSSR count). The first kappa shape index (κ1) is 13.4. The normalized spacial score (nSPS) is 10.7. The maximum absolute atomic E-state index is 5.97. The Kier molecular flexibility index (Phi) is 5.38. The van der Waals surface area contributed by atoms with Crippen molar-refractivity contribution in [1.82, 2.24) is 4.98 Å². The molecule has 1 aromatic heterocycles. The van der Waals surface area contributed by atoms with Crippen LogP contribution in [-0.4, -0.2) is 31.6 Å². The zero-order valence-corrected chi connectivity index (χ0v) is 10.3. The summed E-state index contributed by atoms with van der Waals surface area (Å²) in [6.07, 6.45) is 3.78. The van der Waals surface area contributed by atoms with E-state index in [2.05, 4.69) is 21.9 Å². The quantitative estimate of drug-likeness (QED) is 0.477. The average Bonchev–Trinajstić information content (AvgIpc) is 2.31. The second-order valence-electron chi connectivity index (χ2n) is 3.08. The van der Waals surface area contributed by atoms with Gasteiger partial charge in [0.25, 0.3) is 0 Å². The Labute approximate surface area is 105 Å². The van der Waals surface area contributed by atoms with Crippen LogP contribution in [0, 0.1) is 0 Å². The molecular weight excluding hydrogens is 242 g/mol. The lowest BCUT2D eigenvalue weighted by atomic mass is 10.4. The molecular formula is C10H14ClN5O. The molecule has 1 aromatic rings. The smallest absolute Gasteiger partial charge is 0.193 e. The van der Waals surface area contributed by atoms with Crippen molar-refractivity contribution < 1.29 is 4.74 Å². The first-order chi connectivity index (χ1) is 8.19. The standard InChI is InChI=1S/C10H14ClN5O/c1-13-16(15-4-3-5-17-2)10-9(11)6-8(12)7-14-10/h4,6-7H,1,3,5,12H2,2H3/b15-4-. The number of nitrogens with two attached hydrogens (primary N) is 1. The third kappa shape index (κ3) is 4.01. The molecule has 0 atom stereocenters. The number of nitrogens with zero attached hydrogens (tertiary/aromatic N) is 4. The van der Waals surface area contributed by atoms with E-state index in [0.717, 1.165) is 0 Å². The van der Waals surface area contributed by atoms with Gasteiger partial charge in [0.05, 0.1) is 23.5 Å². The van der Waals surface area contributed by atoms with Crippen LogP contribution >= 0.6 is 11.6 Å². The van der Waals surface area contributed by atoms with Crippen LogP contribution in [0.2, 0.25) is 5.02 Å². The van der Waals surface area contributed by atoms with Crippen LogP contribution in [0.15, 0.2) is 22.5 Å². The summed E-state index contributed by atoms with van der Waals surface area (Å²) >= 11 is 5.97. The summed E-state index contributed by atoms with van der Waals surface area (Å²) in [7, 11) is 1.62. The number of rotatable bonds is 6. The Bertz CT molecular complexity index is 410. The summed E-state index contributed by atoms with van der Waals surface area (Å²) in [5, 5.41) is 9.35. The molecule has 17 heavy (non-hydrogen) atoms. The first-order valence-electron chi connectivity index (χ1n) is 4.88. The Morgan fingerprint density at radius 1 is 1.71 bits per heavy atom. The molecule has 92 valence electrons. The topological polar surface area (TPSA) is 76.1 Å². The molecule has 0 unspecified atom stereocenters. The number of hydrogen-bond acceptors (Lipinski definition) is 6. The largest absolute Gasteiger partial charge is 0.397 e. The Morgan fingerprint density at radius 2 is 2.47 bits per heavy atom. The Hall–Kier alpha value is -1.66. The van der Waals surface area contributed by atoms with Gasteiger partial charge in [-0.25, -0.2) is 4.98 Å². The van der Waals surface area contributed by atoms with E-state index < -0.39 is 0 Å². The van der Waals surface area contributed by atoms with Gasteiger partial charge in [-0.2, -0.15) is 10.2 Å². The molecule has 0 amide bonds. The van der Waals surface area contributed by atoms with E-state index in [9.17, 15) is 0 Å². The molecule has 0 aliphatic heterocycles. The highest BCUT2D eigenvalue weighted by Gasteiger charge is 2.09. The van der Waals surface area contributed by atoms with Crippen molar-refractivity contribution in [2.45, 2.75) is 6.42 Å². The maximum Gasteiger partial charge on any atom is 0.193 e. The van der Waals surface area contributed by atoms with E-state index in [-0.39, 0.29) is 0 Å². The minimum atomic E-state index is 0.362. The summed E-state index contributed by atoms with van der Waals surface area (Å²) < 4.78 is 4.89. The van der Waals surface area contributed by atoms with Crippen molar-refractivity contribution in [3.8, 4) is 0 Å². The highest BCUT2D eigenvalue weighted by atomic mass is 35.5.